The zero-order valence-corrected chi connectivity index (χ0v) is 11.9. The molecule has 2 nitrogen and oxygen atoms in total. The molecule has 2 unspecified atom stereocenters. The van der Waals surface area contributed by atoms with Crippen molar-refractivity contribution in [2.75, 3.05) is 13.7 Å². The van der Waals surface area contributed by atoms with Gasteiger partial charge in [0.1, 0.15) is 5.82 Å². The maximum atomic E-state index is 13.9. The van der Waals surface area contributed by atoms with Gasteiger partial charge in [0, 0.05) is 13.2 Å². The fraction of sp³-hybridized carbons (Fsp3) is 0.571. The van der Waals surface area contributed by atoms with Gasteiger partial charge in [-0.15, -0.1) is 0 Å². The van der Waals surface area contributed by atoms with Crippen LogP contribution in [0.4, 0.5) is 4.39 Å². The molecule has 4 heteroatoms. The van der Waals surface area contributed by atoms with Gasteiger partial charge < -0.3 is 10.1 Å². The van der Waals surface area contributed by atoms with E-state index >= 15 is 0 Å². The minimum Gasteiger partial charge on any atom is -0.380 e. The largest absolute Gasteiger partial charge is 0.380 e. The third-order valence-corrected chi connectivity index (χ3v) is 3.38. The number of ether oxygens (including phenoxy) is 1. The summed E-state index contributed by atoms with van der Waals surface area (Å²) < 4.78 is 19.3. The molecule has 0 saturated heterocycles. The van der Waals surface area contributed by atoms with E-state index in [1.165, 1.54) is 0 Å². The Morgan fingerprint density at radius 2 is 2.11 bits per heavy atom. The second-order valence-corrected chi connectivity index (χ2v) is 4.67. The van der Waals surface area contributed by atoms with Crippen molar-refractivity contribution in [3.8, 4) is 0 Å². The van der Waals surface area contributed by atoms with Crippen molar-refractivity contribution in [2.45, 2.75) is 38.8 Å². The summed E-state index contributed by atoms with van der Waals surface area (Å²) in [5.41, 5.74) is 0.629. The van der Waals surface area contributed by atoms with Crippen molar-refractivity contribution < 1.29 is 9.13 Å². The van der Waals surface area contributed by atoms with Gasteiger partial charge in [0.15, 0.2) is 0 Å². The number of nitrogens with one attached hydrogen (secondary N) is 1. The molecule has 1 rings (SSSR count). The van der Waals surface area contributed by atoms with E-state index in [1.807, 2.05) is 6.92 Å². The molecule has 0 fully saturated rings. The molecular formula is C14H21ClFNO. The van der Waals surface area contributed by atoms with Crippen LogP contribution in [0.25, 0.3) is 0 Å². The first-order valence-electron chi connectivity index (χ1n) is 6.33. The maximum absolute atomic E-state index is 13.9. The van der Waals surface area contributed by atoms with Crippen LogP contribution in [-0.2, 0) is 11.2 Å². The number of rotatable bonds is 7. The number of hydrogen-bond acceptors (Lipinski definition) is 2. The summed E-state index contributed by atoms with van der Waals surface area (Å²) in [4.78, 5) is 0. The van der Waals surface area contributed by atoms with Gasteiger partial charge in [-0.05, 0) is 31.0 Å². The molecule has 0 heterocycles. The Morgan fingerprint density at radius 3 is 2.67 bits per heavy atom. The zero-order chi connectivity index (χ0) is 13.5. The van der Waals surface area contributed by atoms with E-state index < -0.39 is 0 Å². The van der Waals surface area contributed by atoms with Crippen molar-refractivity contribution >= 4 is 11.6 Å². The first-order chi connectivity index (χ1) is 8.63. The van der Waals surface area contributed by atoms with Gasteiger partial charge in [-0.1, -0.05) is 37.6 Å². The topological polar surface area (TPSA) is 21.3 Å². The smallest absolute Gasteiger partial charge is 0.145 e. The minimum absolute atomic E-state index is 0.0725. The van der Waals surface area contributed by atoms with E-state index in [0.29, 0.717) is 12.0 Å². The monoisotopic (exact) mass is 273 g/mol. The van der Waals surface area contributed by atoms with Crippen LogP contribution in [0, 0.1) is 5.82 Å². The maximum Gasteiger partial charge on any atom is 0.145 e. The molecular weight excluding hydrogens is 253 g/mol. The summed E-state index contributed by atoms with van der Waals surface area (Å²) in [7, 11) is 1.69. The Morgan fingerprint density at radius 1 is 1.39 bits per heavy atom. The molecule has 0 spiro atoms. The molecule has 0 aliphatic heterocycles. The lowest BCUT2D eigenvalue weighted by Gasteiger charge is -2.26. The molecule has 102 valence electrons. The molecule has 1 aromatic carbocycles. The molecule has 0 radical (unpaired) electrons. The van der Waals surface area contributed by atoms with Crippen molar-refractivity contribution in [2.24, 2.45) is 0 Å². The predicted molar refractivity (Wildman–Crippen MR) is 73.7 cm³/mol. The van der Waals surface area contributed by atoms with E-state index in [2.05, 4.69) is 12.2 Å². The van der Waals surface area contributed by atoms with Gasteiger partial charge in [0.05, 0.1) is 11.1 Å². The van der Waals surface area contributed by atoms with Crippen LogP contribution >= 0.6 is 11.6 Å². The van der Waals surface area contributed by atoms with Crippen molar-refractivity contribution in [1.29, 1.82) is 0 Å². The third-order valence-electron chi connectivity index (χ3n) is 3.09. The Kier molecular flexibility index (Phi) is 6.61. The van der Waals surface area contributed by atoms with Crippen LogP contribution in [0.1, 0.15) is 25.8 Å². The van der Waals surface area contributed by atoms with Crippen LogP contribution in [0.2, 0.25) is 5.02 Å². The van der Waals surface area contributed by atoms with Crippen molar-refractivity contribution in [1.82, 2.24) is 5.32 Å². The highest BCUT2D eigenvalue weighted by molar-refractivity contribution is 6.30. The van der Waals surface area contributed by atoms with Gasteiger partial charge in [-0.25, -0.2) is 4.39 Å². The molecule has 1 N–H and O–H groups in total. The molecule has 0 saturated carbocycles. The van der Waals surface area contributed by atoms with Gasteiger partial charge in [0.2, 0.25) is 0 Å². The molecule has 0 amide bonds. The SMILES string of the molecule is CCNC(Cc1cccc(Cl)c1F)C(CC)OC. The average molecular weight is 274 g/mol. The van der Waals surface area contributed by atoms with E-state index in [0.717, 1.165) is 13.0 Å². The standard InChI is InChI=1S/C14H21ClFNO/c1-4-13(18-3)12(17-5-2)9-10-7-6-8-11(15)14(10)16/h6-8,12-13,17H,4-5,9H2,1-3H3. The van der Waals surface area contributed by atoms with Crippen LogP contribution in [0.5, 0.6) is 0 Å². The highest BCUT2D eigenvalue weighted by Crippen LogP contribution is 2.20. The van der Waals surface area contributed by atoms with Crippen LogP contribution in [0.3, 0.4) is 0 Å². The molecule has 18 heavy (non-hydrogen) atoms. The molecule has 0 aromatic heterocycles. The second-order valence-electron chi connectivity index (χ2n) is 4.26. The lowest BCUT2D eigenvalue weighted by Crippen LogP contribution is -2.42. The predicted octanol–water partition coefficient (Wildman–Crippen LogP) is 3.42. The Hall–Kier alpha value is -0.640. The first kappa shape index (κ1) is 15.4. The van der Waals surface area contributed by atoms with Gasteiger partial charge in [-0.2, -0.15) is 0 Å². The minimum atomic E-state index is -0.326. The average Bonchev–Trinajstić information content (AvgIpc) is 2.36. The quantitative estimate of drug-likeness (QED) is 0.822. The fourth-order valence-corrected chi connectivity index (χ4v) is 2.35. The molecule has 0 aliphatic carbocycles. The number of hydrogen-bond donors (Lipinski definition) is 1. The summed E-state index contributed by atoms with van der Waals surface area (Å²) >= 11 is 5.80. The first-order valence-corrected chi connectivity index (χ1v) is 6.70. The zero-order valence-electron chi connectivity index (χ0n) is 11.2. The van der Waals surface area contributed by atoms with Crippen LogP contribution in [0.15, 0.2) is 18.2 Å². The summed E-state index contributed by atoms with van der Waals surface area (Å²) in [6.07, 6.45) is 1.53. The van der Waals surface area contributed by atoms with Crippen LogP contribution in [-0.4, -0.2) is 25.8 Å². The van der Waals surface area contributed by atoms with Crippen molar-refractivity contribution in [3.63, 3.8) is 0 Å². The third kappa shape index (κ3) is 3.94. The van der Waals surface area contributed by atoms with Gasteiger partial charge in [-0.3, -0.25) is 0 Å². The summed E-state index contributed by atoms with van der Waals surface area (Å²) in [5, 5.41) is 3.52. The summed E-state index contributed by atoms with van der Waals surface area (Å²) in [6, 6.07) is 5.21. The highest BCUT2D eigenvalue weighted by Gasteiger charge is 2.21. The van der Waals surface area contributed by atoms with Crippen molar-refractivity contribution in [3.05, 3.63) is 34.6 Å². The highest BCUT2D eigenvalue weighted by atomic mass is 35.5. The fourth-order valence-electron chi connectivity index (χ4n) is 2.16. The Labute approximate surface area is 113 Å². The molecule has 2 atom stereocenters. The van der Waals surface area contributed by atoms with E-state index in [-0.39, 0.29) is 23.0 Å². The van der Waals surface area contributed by atoms with E-state index in [4.69, 9.17) is 16.3 Å². The lowest BCUT2D eigenvalue weighted by atomic mass is 9.99. The van der Waals surface area contributed by atoms with Gasteiger partial charge in [0.25, 0.3) is 0 Å². The van der Waals surface area contributed by atoms with E-state index in [1.54, 1.807) is 25.3 Å². The molecule has 0 bridgehead atoms. The van der Waals surface area contributed by atoms with E-state index in [9.17, 15) is 4.39 Å². The number of methoxy groups -OCH3 is 1. The summed E-state index contributed by atoms with van der Waals surface area (Å²) in [5.74, 6) is -0.326. The Bertz CT molecular complexity index is 369. The lowest BCUT2D eigenvalue weighted by molar-refractivity contribution is 0.0656. The second kappa shape index (κ2) is 7.72. The Balaban J connectivity index is 2.85. The van der Waals surface area contributed by atoms with Crippen LogP contribution < -0.4 is 5.32 Å². The number of benzene rings is 1. The summed E-state index contributed by atoms with van der Waals surface area (Å²) in [6.45, 7) is 4.92. The molecule has 1 aromatic rings. The number of halogens is 2. The van der Waals surface area contributed by atoms with Gasteiger partial charge >= 0.3 is 0 Å². The normalized spacial score (nSPS) is 14.5. The molecule has 0 aliphatic rings. The number of likely N-dealkylation sites (N-methyl/N-ethyl adjacent to an activating group) is 1.